The van der Waals surface area contributed by atoms with Crippen LogP contribution in [-0.4, -0.2) is 77.2 Å². The van der Waals surface area contributed by atoms with Crippen molar-refractivity contribution in [2.24, 2.45) is 0 Å². The Morgan fingerprint density at radius 2 is 1.88 bits per heavy atom. The van der Waals surface area contributed by atoms with Crippen LogP contribution in [0.4, 0.5) is 0 Å². The Balaban J connectivity index is 1.76. The zero-order valence-electron chi connectivity index (χ0n) is 14.2. The molecule has 7 nitrogen and oxygen atoms in total. The van der Waals surface area contributed by atoms with Crippen molar-refractivity contribution in [3.63, 3.8) is 0 Å². The minimum atomic E-state index is -3.60. The van der Waals surface area contributed by atoms with Gasteiger partial charge in [-0.2, -0.15) is 4.31 Å². The van der Waals surface area contributed by atoms with Gasteiger partial charge in [-0.1, -0.05) is 0 Å². The van der Waals surface area contributed by atoms with Gasteiger partial charge in [0.15, 0.2) is 0 Å². The standard InChI is InChI=1S/C16H25N3O4S/c1-22-14-3-4-15(23-2)16(11-14)24(20,21)19-9-7-18(8-10-19)13-5-6-17-12-13/h3-4,11,13,17H,5-10,12H2,1-2H3. The van der Waals surface area contributed by atoms with E-state index in [1.807, 2.05) is 0 Å². The van der Waals surface area contributed by atoms with Gasteiger partial charge in [-0.15, -0.1) is 0 Å². The molecule has 1 atom stereocenters. The molecule has 1 aromatic rings. The Kier molecular flexibility index (Phi) is 5.29. The van der Waals surface area contributed by atoms with Crippen LogP contribution < -0.4 is 14.8 Å². The zero-order valence-corrected chi connectivity index (χ0v) is 15.0. The van der Waals surface area contributed by atoms with Crippen molar-refractivity contribution >= 4 is 10.0 Å². The molecule has 0 aliphatic carbocycles. The molecule has 0 radical (unpaired) electrons. The summed E-state index contributed by atoms with van der Waals surface area (Å²) in [5.74, 6) is 0.850. The third kappa shape index (κ3) is 3.37. The lowest BCUT2D eigenvalue weighted by atomic mass is 10.2. The van der Waals surface area contributed by atoms with Crippen molar-refractivity contribution < 1.29 is 17.9 Å². The van der Waals surface area contributed by atoms with Gasteiger partial charge < -0.3 is 14.8 Å². The molecule has 24 heavy (non-hydrogen) atoms. The third-order valence-corrected chi connectivity index (χ3v) is 6.73. The van der Waals surface area contributed by atoms with E-state index in [9.17, 15) is 8.42 Å². The first-order chi connectivity index (χ1) is 11.6. The number of nitrogens with zero attached hydrogens (tertiary/aromatic N) is 2. The number of nitrogens with one attached hydrogen (secondary N) is 1. The molecule has 0 saturated carbocycles. The topological polar surface area (TPSA) is 71.1 Å². The largest absolute Gasteiger partial charge is 0.497 e. The van der Waals surface area contributed by atoms with E-state index >= 15 is 0 Å². The highest BCUT2D eigenvalue weighted by molar-refractivity contribution is 7.89. The maximum atomic E-state index is 13.0. The quantitative estimate of drug-likeness (QED) is 0.823. The SMILES string of the molecule is COc1ccc(OC)c(S(=O)(=O)N2CCN(C3CCNC3)CC2)c1. The molecule has 8 heteroatoms. The number of piperazine rings is 1. The van der Waals surface area contributed by atoms with Crippen molar-refractivity contribution in [3.05, 3.63) is 18.2 Å². The minimum Gasteiger partial charge on any atom is -0.497 e. The van der Waals surface area contributed by atoms with E-state index in [0.717, 1.165) is 32.6 Å². The Bertz CT molecular complexity index is 666. The summed E-state index contributed by atoms with van der Waals surface area (Å²) in [5.41, 5.74) is 0. The lowest BCUT2D eigenvalue weighted by Gasteiger charge is -2.37. The Labute approximate surface area is 143 Å². The molecule has 0 aromatic heterocycles. The predicted octanol–water partition coefficient (Wildman–Crippen LogP) is 0.372. The second-order valence-corrected chi connectivity index (χ2v) is 8.01. The summed E-state index contributed by atoms with van der Waals surface area (Å²) in [7, 11) is -0.600. The van der Waals surface area contributed by atoms with Gasteiger partial charge in [-0.3, -0.25) is 4.90 Å². The predicted molar refractivity (Wildman–Crippen MR) is 91.2 cm³/mol. The fourth-order valence-corrected chi connectivity index (χ4v) is 4.98. The lowest BCUT2D eigenvalue weighted by Crippen LogP contribution is -2.52. The van der Waals surface area contributed by atoms with Gasteiger partial charge >= 0.3 is 0 Å². The fraction of sp³-hybridized carbons (Fsp3) is 0.625. The number of hydrogen-bond donors (Lipinski definition) is 1. The summed E-state index contributed by atoms with van der Waals surface area (Å²) < 4.78 is 38.0. The van der Waals surface area contributed by atoms with Gasteiger partial charge in [0, 0.05) is 44.8 Å². The van der Waals surface area contributed by atoms with Crippen molar-refractivity contribution in [2.45, 2.75) is 17.4 Å². The van der Waals surface area contributed by atoms with E-state index in [0.29, 0.717) is 30.6 Å². The maximum absolute atomic E-state index is 13.0. The first-order valence-corrected chi connectivity index (χ1v) is 9.67. The molecule has 3 rings (SSSR count). The molecule has 2 aliphatic rings. The summed E-state index contributed by atoms with van der Waals surface area (Å²) in [6.07, 6.45) is 1.14. The third-order valence-electron chi connectivity index (χ3n) is 4.81. The first-order valence-electron chi connectivity index (χ1n) is 8.23. The smallest absolute Gasteiger partial charge is 0.246 e. The summed E-state index contributed by atoms with van der Waals surface area (Å²) >= 11 is 0. The number of rotatable bonds is 5. The first kappa shape index (κ1) is 17.5. The van der Waals surface area contributed by atoms with Crippen LogP contribution in [0, 0.1) is 0 Å². The van der Waals surface area contributed by atoms with E-state index in [2.05, 4.69) is 10.2 Å². The van der Waals surface area contributed by atoms with E-state index in [4.69, 9.17) is 9.47 Å². The lowest BCUT2D eigenvalue weighted by molar-refractivity contribution is 0.145. The van der Waals surface area contributed by atoms with Crippen molar-refractivity contribution in [2.75, 3.05) is 53.5 Å². The van der Waals surface area contributed by atoms with Crippen molar-refractivity contribution in [1.29, 1.82) is 0 Å². The van der Waals surface area contributed by atoms with Crippen LogP contribution in [0.15, 0.2) is 23.1 Å². The molecule has 2 saturated heterocycles. The van der Waals surface area contributed by atoms with Crippen LogP contribution in [0.5, 0.6) is 11.5 Å². The maximum Gasteiger partial charge on any atom is 0.246 e. The molecule has 0 bridgehead atoms. The second-order valence-electron chi connectivity index (χ2n) is 6.10. The van der Waals surface area contributed by atoms with Gasteiger partial charge in [0.25, 0.3) is 0 Å². The Morgan fingerprint density at radius 3 is 2.46 bits per heavy atom. The van der Waals surface area contributed by atoms with E-state index in [1.54, 1.807) is 16.4 Å². The highest BCUT2D eigenvalue weighted by Gasteiger charge is 2.33. The summed E-state index contributed by atoms with van der Waals surface area (Å²) in [4.78, 5) is 2.55. The highest BCUT2D eigenvalue weighted by atomic mass is 32.2. The van der Waals surface area contributed by atoms with Crippen LogP contribution in [0.25, 0.3) is 0 Å². The van der Waals surface area contributed by atoms with Gasteiger partial charge in [0.05, 0.1) is 14.2 Å². The van der Waals surface area contributed by atoms with Crippen LogP contribution in [0.2, 0.25) is 0 Å². The van der Waals surface area contributed by atoms with Crippen LogP contribution in [-0.2, 0) is 10.0 Å². The molecule has 0 spiro atoms. The average Bonchev–Trinajstić information content (AvgIpc) is 3.16. The number of benzene rings is 1. The molecule has 2 fully saturated rings. The number of hydrogen-bond acceptors (Lipinski definition) is 6. The zero-order chi connectivity index (χ0) is 17.2. The molecule has 0 amide bonds. The summed E-state index contributed by atoms with van der Waals surface area (Å²) in [6.45, 7) is 4.56. The highest BCUT2D eigenvalue weighted by Crippen LogP contribution is 2.31. The monoisotopic (exact) mass is 355 g/mol. The van der Waals surface area contributed by atoms with Crippen LogP contribution in [0.1, 0.15) is 6.42 Å². The van der Waals surface area contributed by atoms with Crippen molar-refractivity contribution in [3.8, 4) is 11.5 Å². The molecule has 134 valence electrons. The molecule has 2 heterocycles. The Hall–Kier alpha value is -1.35. The average molecular weight is 355 g/mol. The van der Waals surface area contributed by atoms with Gasteiger partial charge in [-0.05, 0) is 25.1 Å². The van der Waals surface area contributed by atoms with Gasteiger partial charge in [-0.25, -0.2) is 8.42 Å². The van der Waals surface area contributed by atoms with E-state index in [-0.39, 0.29) is 4.90 Å². The van der Waals surface area contributed by atoms with E-state index < -0.39 is 10.0 Å². The molecular formula is C16H25N3O4S. The fourth-order valence-electron chi connectivity index (χ4n) is 3.38. The van der Waals surface area contributed by atoms with E-state index in [1.165, 1.54) is 20.3 Å². The van der Waals surface area contributed by atoms with Crippen molar-refractivity contribution in [1.82, 2.24) is 14.5 Å². The molecular weight excluding hydrogens is 330 g/mol. The number of sulfonamides is 1. The molecule has 1 aromatic carbocycles. The molecule has 2 aliphatic heterocycles. The second kappa shape index (κ2) is 7.26. The Morgan fingerprint density at radius 1 is 1.12 bits per heavy atom. The van der Waals surface area contributed by atoms with Crippen LogP contribution in [0.3, 0.4) is 0 Å². The minimum absolute atomic E-state index is 0.167. The summed E-state index contributed by atoms with van der Waals surface area (Å²) in [6, 6.07) is 5.39. The number of ether oxygens (including phenoxy) is 2. The molecule has 1 unspecified atom stereocenters. The van der Waals surface area contributed by atoms with Crippen LogP contribution >= 0.6 is 0 Å². The number of methoxy groups -OCH3 is 2. The van der Waals surface area contributed by atoms with Gasteiger partial charge in [0.1, 0.15) is 16.4 Å². The molecule has 1 N–H and O–H groups in total. The van der Waals surface area contributed by atoms with Gasteiger partial charge in [0.2, 0.25) is 10.0 Å². The normalized spacial score (nSPS) is 23.3. The summed E-state index contributed by atoms with van der Waals surface area (Å²) in [5, 5.41) is 3.36.